The van der Waals surface area contributed by atoms with E-state index < -0.39 is 0 Å². The third-order valence-electron chi connectivity index (χ3n) is 3.38. The zero-order valence-electron chi connectivity index (χ0n) is 13.1. The first-order chi connectivity index (χ1) is 9.67. The van der Waals surface area contributed by atoms with E-state index in [1.807, 2.05) is 24.3 Å². The van der Waals surface area contributed by atoms with Crippen molar-refractivity contribution >= 4 is 0 Å². The Morgan fingerprint density at radius 1 is 1.10 bits per heavy atom. The van der Waals surface area contributed by atoms with Crippen molar-refractivity contribution in [3.05, 3.63) is 29.8 Å². The van der Waals surface area contributed by atoms with Gasteiger partial charge in [0.2, 0.25) is 0 Å². The molecule has 1 rings (SSSR count). The van der Waals surface area contributed by atoms with Gasteiger partial charge in [0, 0.05) is 18.7 Å². The maximum atomic E-state index is 5.86. The molecule has 0 atom stereocenters. The van der Waals surface area contributed by atoms with Crippen LogP contribution in [0.25, 0.3) is 0 Å². The van der Waals surface area contributed by atoms with Crippen LogP contribution in [0.5, 0.6) is 5.75 Å². The summed E-state index contributed by atoms with van der Waals surface area (Å²) in [6.07, 6.45) is 1.19. The minimum Gasteiger partial charge on any atom is -0.492 e. The van der Waals surface area contributed by atoms with Crippen molar-refractivity contribution in [1.82, 2.24) is 9.80 Å². The quantitative estimate of drug-likeness (QED) is 0.709. The lowest BCUT2D eigenvalue weighted by Gasteiger charge is -2.21. The maximum Gasteiger partial charge on any atom is 0.123 e. The van der Waals surface area contributed by atoms with Crippen molar-refractivity contribution in [2.45, 2.75) is 19.9 Å². The molecule has 0 radical (unpaired) electrons. The van der Waals surface area contributed by atoms with Crippen LogP contribution >= 0.6 is 0 Å². The van der Waals surface area contributed by atoms with Crippen LogP contribution in [0.15, 0.2) is 24.3 Å². The lowest BCUT2D eigenvalue weighted by molar-refractivity contribution is 0.207. The van der Waals surface area contributed by atoms with E-state index in [4.69, 9.17) is 10.5 Å². The molecule has 2 N–H and O–H groups in total. The van der Waals surface area contributed by atoms with Crippen molar-refractivity contribution in [2.24, 2.45) is 5.73 Å². The van der Waals surface area contributed by atoms with Crippen molar-refractivity contribution in [3.63, 3.8) is 0 Å². The van der Waals surface area contributed by atoms with Crippen LogP contribution in [0, 0.1) is 0 Å². The Balaban J connectivity index is 2.30. The highest BCUT2D eigenvalue weighted by Crippen LogP contribution is 2.16. The zero-order valence-corrected chi connectivity index (χ0v) is 13.1. The first-order valence-electron chi connectivity index (χ1n) is 7.45. The van der Waals surface area contributed by atoms with E-state index >= 15 is 0 Å². The van der Waals surface area contributed by atoms with E-state index in [0.29, 0.717) is 13.2 Å². The van der Waals surface area contributed by atoms with E-state index in [1.54, 1.807) is 0 Å². The van der Waals surface area contributed by atoms with Crippen LogP contribution in [0.2, 0.25) is 0 Å². The van der Waals surface area contributed by atoms with Crippen molar-refractivity contribution in [3.8, 4) is 5.75 Å². The summed E-state index contributed by atoms with van der Waals surface area (Å²) < 4.78 is 5.86. The van der Waals surface area contributed by atoms with Gasteiger partial charge in [-0.15, -0.1) is 0 Å². The van der Waals surface area contributed by atoms with Gasteiger partial charge >= 0.3 is 0 Å². The topological polar surface area (TPSA) is 41.7 Å². The summed E-state index contributed by atoms with van der Waals surface area (Å²) in [5.41, 5.74) is 6.78. The number of hydrogen-bond acceptors (Lipinski definition) is 4. The van der Waals surface area contributed by atoms with Gasteiger partial charge in [0.25, 0.3) is 0 Å². The third-order valence-corrected chi connectivity index (χ3v) is 3.38. The second-order valence-corrected chi connectivity index (χ2v) is 5.25. The summed E-state index contributed by atoms with van der Waals surface area (Å²) in [4.78, 5) is 4.65. The minimum absolute atomic E-state index is 0.524. The molecule has 0 fully saturated rings. The van der Waals surface area contributed by atoms with Crippen molar-refractivity contribution < 1.29 is 4.74 Å². The number of para-hydroxylation sites is 1. The van der Waals surface area contributed by atoms with Gasteiger partial charge in [-0.25, -0.2) is 0 Å². The fraction of sp³-hybridized carbons (Fsp3) is 0.625. The molecule has 0 heterocycles. The van der Waals surface area contributed by atoms with E-state index in [2.05, 4.69) is 30.8 Å². The van der Waals surface area contributed by atoms with Gasteiger partial charge in [-0.2, -0.15) is 0 Å². The van der Waals surface area contributed by atoms with E-state index in [1.165, 1.54) is 6.42 Å². The third kappa shape index (κ3) is 6.37. The van der Waals surface area contributed by atoms with Crippen LogP contribution in [0.1, 0.15) is 18.9 Å². The van der Waals surface area contributed by atoms with Gasteiger partial charge in [0.05, 0.1) is 0 Å². The summed E-state index contributed by atoms with van der Waals surface area (Å²) in [7, 11) is 4.23. The lowest BCUT2D eigenvalue weighted by Crippen LogP contribution is -2.31. The first kappa shape index (κ1) is 17.0. The van der Waals surface area contributed by atoms with Gasteiger partial charge in [-0.05, 0) is 46.2 Å². The summed E-state index contributed by atoms with van der Waals surface area (Å²) in [5.74, 6) is 0.916. The average Bonchev–Trinajstić information content (AvgIpc) is 2.45. The van der Waals surface area contributed by atoms with Gasteiger partial charge < -0.3 is 20.3 Å². The summed E-state index contributed by atoms with van der Waals surface area (Å²) >= 11 is 0. The molecule has 0 aliphatic heterocycles. The van der Waals surface area contributed by atoms with Crippen LogP contribution in [-0.2, 0) is 6.54 Å². The molecular weight excluding hydrogens is 250 g/mol. The molecule has 0 spiro atoms. The van der Waals surface area contributed by atoms with Gasteiger partial charge in [0.1, 0.15) is 12.4 Å². The number of benzene rings is 1. The predicted molar refractivity (Wildman–Crippen MR) is 85.1 cm³/mol. The van der Waals surface area contributed by atoms with E-state index in [-0.39, 0.29) is 0 Å². The van der Waals surface area contributed by atoms with E-state index in [9.17, 15) is 0 Å². The molecular formula is C16H29N3O. The number of nitrogens with two attached hydrogens (primary N) is 1. The normalized spacial score (nSPS) is 11.3. The standard InChI is InChI=1S/C16H29N3O/c1-4-19(11-7-10-18(2)3)12-13-20-16-9-6-5-8-15(16)14-17/h5-6,8-9H,4,7,10-14,17H2,1-3H3. The highest BCUT2D eigenvalue weighted by atomic mass is 16.5. The molecule has 0 amide bonds. The van der Waals surface area contributed by atoms with Crippen LogP contribution in [0.4, 0.5) is 0 Å². The fourth-order valence-electron chi connectivity index (χ4n) is 2.14. The molecule has 0 aliphatic rings. The molecule has 1 aromatic rings. The van der Waals surface area contributed by atoms with Crippen LogP contribution < -0.4 is 10.5 Å². The van der Waals surface area contributed by atoms with E-state index in [0.717, 1.165) is 37.5 Å². The smallest absolute Gasteiger partial charge is 0.123 e. The SMILES string of the molecule is CCN(CCCN(C)C)CCOc1ccccc1CN. The molecule has 114 valence electrons. The Morgan fingerprint density at radius 2 is 1.85 bits per heavy atom. The monoisotopic (exact) mass is 279 g/mol. The molecule has 0 saturated carbocycles. The van der Waals surface area contributed by atoms with Gasteiger partial charge in [-0.1, -0.05) is 25.1 Å². The molecule has 0 aromatic heterocycles. The summed E-state index contributed by atoms with van der Waals surface area (Å²) in [5, 5.41) is 0. The first-order valence-corrected chi connectivity index (χ1v) is 7.45. The molecule has 20 heavy (non-hydrogen) atoms. The Bertz CT molecular complexity index is 368. The fourth-order valence-corrected chi connectivity index (χ4v) is 2.14. The lowest BCUT2D eigenvalue weighted by atomic mass is 10.2. The van der Waals surface area contributed by atoms with Crippen LogP contribution in [0.3, 0.4) is 0 Å². The number of rotatable bonds is 10. The Hall–Kier alpha value is -1.10. The predicted octanol–water partition coefficient (Wildman–Crippen LogP) is 1.80. The molecule has 4 nitrogen and oxygen atoms in total. The molecule has 0 bridgehead atoms. The van der Waals surface area contributed by atoms with Gasteiger partial charge in [-0.3, -0.25) is 0 Å². The molecule has 0 saturated heterocycles. The Kier molecular flexibility index (Phi) is 8.26. The van der Waals surface area contributed by atoms with Crippen LogP contribution in [-0.4, -0.2) is 56.7 Å². The molecule has 4 heteroatoms. The number of ether oxygens (including phenoxy) is 1. The Labute approximate surface area is 123 Å². The highest BCUT2D eigenvalue weighted by molar-refractivity contribution is 5.32. The van der Waals surface area contributed by atoms with Crippen molar-refractivity contribution in [2.75, 3.05) is 46.9 Å². The van der Waals surface area contributed by atoms with Gasteiger partial charge in [0.15, 0.2) is 0 Å². The second kappa shape index (κ2) is 9.75. The number of nitrogens with zero attached hydrogens (tertiary/aromatic N) is 2. The summed E-state index contributed by atoms with van der Waals surface area (Å²) in [6, 6.07) is 7.99. The largest absolute Gasteiger partial charge is 0.492 e. The molecule has 0 unspecified atom stereocenters. The highest BCUT2D eigenvalue weighted by Gasteiger charge is 2.05. The minimum atomic E-state index is 0.524. The number of likely N-dealkylation sites (N-methyl/N-ethyl adjacent to an activating group) is 1. The zero-order chi connectivity index (χ0) is 14.8. The maximum absolute atomic E-state index is 5.86. The summed E-state index contributed by atoms with van der Waals surface area (Å²) in [6.45, 7) is 7.72. The average molecular weight is 279 g/mol. The molecule has 1 aromatic carbocycles. The Morgan fingerprint density at radius 3 is 2.50 bits per heavy atom. The second-order valence-electron chi connectivity index (χ2n) is 5.25. The number of hydrogen-bond donors (Lipinski definition) is 1. The van der Waals surface area contributed by atoms with Crippen molar-refractivity contribution in [1.29, 1.82) is 0 Å². The molecule has 0 aliphatic carbocycles.